The third-order valence-corrected chi connectivity index (χ3v) is 8.12. The van der Waals surface area contributed by atoms with E-state index in [-0.39, 0.29) is 23.4 Å². The maximum Gasteiger partial charge on any atom is 0.146 e. The van der Waals surface area contributed by atoms with Crippen molar-refractivity contribution in [1.82, 2.24) is 0 Å². The van der Waals surface area contributed by atoms with Crippen molar-refractivity contribution in [1.29, 1.82) is 0 Å². The van der Waals surface area contributed by atoms with E-state index in [0.29, 0.717) is 23.7 Å². The Hall–Kier alpha value is -0.660. The van der Waals surface area contributed by atoms with E-state index in [1.54, 1.807) is 0 Å². The molecule has 4 aliphatic carbocycles. The fourth-order valence-corrected chi connectivity index (χ4v) is 6.89. The normalized spacial score (nSPS) is 53.0. The van der Waals surface area contributed by atoms with Crippen LogP contribution in [0, 0.1) is 34.5 Å². The number of carbonyl (C=O) groups is 2. The molecule has 0 aromatic carbocycles. The highest BCUT2D eigenvalue weighted by atomic mass is 16.2. The van der Waals surface area contributed by atoms with Crippen LogP contribution in [0.2, 0.25) is 0 Å². The minimum absolute atomic E-state index is 0.180. The highest BCUT2D eigenvalue weighted by Gasteiger charge is 2.60. The average molecular weight is 288 g/mol. The van der Waals surface area contributed by atoms with Gasteiger partial charge in [-0.3, -0.25) is 9.59 Å². The van der Waals surface area contributed by atoms with E-state index >= 15 is 0 Å². The molecule has 6 atom stereocenters. The topological polar surface area (TPSA) is 34.1 Å². The van der Waals surface area contributed by atoms with Gasteiger partial charge in [-0.25, -0.2) is 0 Å². The van der Waals surface area contributed by atoms with E-state index in [1.807, 2.05) is 0 Å². The van der Waals surface area contributed by atoms with E-state index in [4.69, 9.17) is 0 Å². The molecule has 0 spiro atoms. The third-order valence-electron chi connectivity index (χ3n) is 8.12. The average Bonchev–Trinajstić information content (AvgIpc) is 2.82. The Bertz CT molecular complexity index is 496. The molecule has 0 aromatic heterocycles. The van der Waals surface area contributed by atoms with E-state index in [9.17, 15) is 9.59 Å². The lowest BCUT2D eigenvalue weighted by Gasteiger charge is -2.58. The molecule has 0 saturated heterocycles. The van der Waals surface area contributed by atoms with Crippen molar-refractivity contribution in [2.75, 3.05) is 0 Å². The van der Waals surface area contributed by atoms with Crippen LogP contribution in [0.3, 0.4) is 0 Å². The van der Waals surface area contributed by atoms with E-state index in [2.05, 4.69) is 13.8 Å². The lowest BCUT2D eigenvalue weighted by Crippen LogP contribution is -2.56. The van der Waals surface area contributed by atoms with Gasteiger partial charge in [0, 0.05) is 11.8 Å². The number of ketones is 2. The maximum atomic E-state index is 12.8. The second-order valence-electron chi connectivity index (χ2n) is 8.86. The largest absolute Gasteiger partial charge is 0.299 e. The summed E-state index contributed by atoms with van der Waals surface area (Å²) in [7, 11) is 0. The first kappa shape index (κ1) is 14.0. The predicted molar refractivity (Wildman–Crippen MR) is 81.7 cm³/mol. The standard InChI is InChI=1S/C19H28O2/c1-18-8-3-4-15(18)14-6-5-12-10-13(20)11-17(21)19(12,2)16(14)7-9-18/h12,14-16H,3-11H2,1-2H3. The molecule has 2 heteroatoms. The molecule has 6 unspecified atom stereocenters. The summed E-state index contributed by atoms with van der Waals surface area (Å²) >= 11 is 0. The molecule has 4 fully saturated rings. The van der Waals surface area contributed by atoms with Gasteiger partial charge in [0.25, 0.3) is 0 Å². The van der Waals surface area contributed by atoms with Crippen LogP contribution < -0.4 is 0 Å². The molecule has 0 bridgehead atoms. The van der Waals surface area contributed by atoms with E-state index in [0.717, 1.165) is 18.3 Å². The first-order chi connectivity index (χ1) is 9.95. The number of hydrogen-bond donors (Lipinski definition) is 0. The van der Waals surface area contributed by atoms with Crippen LogP contribution in [-0.2, 0) is 9.59 Å². The lowest BCUT2D eigenvalue weighted by atomic mass is 9.45. The van der Waals surface area contributed by atoms with Crippen LogP contribution in [0.25, 0.3) is 0 Å². The maximum absolute atomic E-state index is 12.8. The Morgan fingerprint density at radius 2 is 1.76 bits per heavy atom. The van der Waals surface area contributed by atoms with Gasteiger partial charge in [0.2, 0.25) is 0 Å². The lowest BCUT2D eigenvalue weighted by molar-refractivity contribution is -0.158. The molecule has 0 aromatic rings. The minimum Gasteiger partial charge on any atom is -0.299 e. The van der Waals surface area contributed by atoms with Crippen molar-refractivity contribution in [2.45, 2.75) is 71.6 Å². The Balaban J connectivity index is 1.69. The van der Waals surface area contributed by atoms with Gasteiger partial charge in [0.15, 0.2) is 0 Å². The first-order valence-electron chi connectivity index (χ1n) is 9.00. The zero-order valence-corrected chi connectivity index (χ0v) is 13.5. The summed E-state index contributed by atoms with van der Waals surface area (Å²) in [6.45, 7) is 4.72. The van der Waals surface area contributed by atoms with Crippen LogP contribution in [-0.4, -0.2) is 11.6 Å². The smallest absolute Gasteiger partial charge is 0.146 e. The summed E-state index contributed by atoms with van der Waals surface area (Å²) in [5, 5.41) is 0. The zero-order chi connectivity index (χ0) is 14.8. The van der Waals surface area contributed by atoms with Crippen LogP contribution in [0.15, 0.2) is 0 Å². The number of carbonyl (C=O) groups excluding carboxylic acids is 2. The van der Waals surface area contributed by atoms with Crippen molar-refractivity contribution in [2.24, 2.45) is 34.5 Å². The van der Waals surface area contributed by atoms with Gasteiger partial charge < -0.3 is 0 Å². The van der Waals surface area contributed by atoms with Gasteiger partial charge >= 0.3 is 0 Å². The molecule has 0 aliphatic heterocycles. The second-order valence-corrected chi connectivity index (χ2v) is 8.86. The van der Waals surface area contributed by atoms with Crippen LogP contribution in [0.5, 0.6) is 0 Å². The summed E-state index contributed by atoms with van der Waals surface area (Å²) in [4.78, 5) is 24.6. The molecule has 4 rings (SSSR count). The summed E-state index contributed by atoms with van der Waals surface area (Å²) in [6, 6.07) is 0. The molecule has 2 nitrogen and oxygen atoms in total. The van der Waals surface area contributed by atoms with E-state index in [1.165, 1.54) is 38.5 Å². The predicted octanol–water partition coefficient (Wildman–Crippen LogP) is 4.17. The number of hydrogen-bond acceptors (Lipinski definition) is 2. The summed E-state index contributed by atoms with van der Waals surface area (Å²) in [5.74, 6) is 2.98. The summed E-state index contributed by atoms with van der Waals surface area (Å²) in [5.41, 5.74) is 0.374. The Morgan fingerprint density at radius 1 is 0.952 bits per heavy atom. The van der Waals surface area contributed by atoms with Gasteiger partial charge in [0.05, 0.1) is 6.42 Å². The highest BCUT2D eigenvalue weighted by Crippen LogP contribution is 2.65. The monoisotopic (exact) mass is 288 g/mol. The second kappa shape index (κ2) is 4.43. The van der Waals surface area contributed by atoms with Gasteiger partial charge in [-0.2, -0.15) is 0 Å². The third kappa shape index (κ3) is 1.77. The van der Waals surface area contributed by atoms with Crippen molar-refractivity contribution in [3.8, 4) is 0 Å². The molecule has 0 N–H and O–H groups in total. The fraction of sp³-hybridized carbons (Fsp3) is 0.895. The van der Waals surface area contributed by atoms with Crippen molar-refractivity contribution in [3.05, 3.63) is 0 Å². The van der Waals surface area contributed by atoms with Crippen LogP contribution in [0.4, 0.5) is 0 Å². The van der Waals surface area contributed by atoms with Gasteiger partial charge in [-0.15, -0.1) is 0 Å². The molecule has 116 valence electrons. The molecule has 0 amide bonds. The van der Waals surface area contributed by atoms with Crippen LogP contribution >= 0.6 is 0 Å². The molecule has 4 saturated carbocycles. The van der Waals surface area contributed by atoms with Crippen molar-refractivity contribution in [3.63, 3.8) is 0 Å². The molecule has 0 radical (unpaired) electrons. The van der Waals surface area contributed by atoms with Crippen LogP contribution in [0.1, 0.15) is 71.6 Å². The fourth-order valence-electron chi connectivity index (χ4n) is 6.89. The van der Waals surface area contributed by atoms with Gasteiger partial charge in [-0.1, -0.05) is 20.3 Å². The molecule has 21 heavy (non-hydrogen) atoms. The highest BCUT2D eigenvalue weighted by molar-refractivity contribution is 6.04. The Labute approximate surface area is 128 Å². The first-order valence-corrected chi connectivity index (χ1v) is 9.00. The molecule has 0 heterocycles. The quantitative estimate of drug-likeness (QED) is 0.627. The number of Topliss-reactive ketones (excluding diaryl/α,β-unsaturated/α-hetero) is 2. The van der Waals surface area contributed by atoms with Crippen molar-refractivity contribution >= 4 is 11.6 Å². The van der Waals surface area contributed by atoms with E-state index < -0.39 is 0 Å². The van der Waals surface area contributed by atoms with Gasteiger partial charge in [-0.05, 0) is 67.6 Å². The summed E-state index contributed by atoms with van der Waals surface area (Å²) < 4.78 is 0. The molecular weight excluding hydrogens is 260 g/mol. The molecular formula is C19H28O2. The molecule has 4 aliphatic rings. The van der Waals surface area contributed by atoms with Crippen molar-refractivity contribution < 1.29 is 9.59 Å². The number of fused-ring (bicyclic) bond motifs is 5. The van der Waals surface area contributed by atoms with Gasteiger partial charge in [0.1, 0.15) is 11.6 Å². The SMILES string of the molecule is CC12CCCC1C1CCC3CC(=O)CC(=O)C3(C)C1CC2. The Kier molecular flexibility index (Phi) is 2.94. The summed E-state index contributed by atoms with van der Waals surface area (Å²) in [6.07, 6.45) is 9.97. The minimum atomic E-state index is -0.180. The zero-order valence-electron chi connectivity index (χ0n) is 13.5. The Morgan fingerprint density at radius 3 is 2.57 bits per heavy atom. The number of rotatable bonds is 0.